The molecule has 6 heteroatoms. The van der Waals surface area contributed by atoms with Gasteiger partial charge in [0, 0.05) is 13.2 Å². The molecule has 0 aliphatic rings. The minimum Gasteiger partial charge on any atom is -0.396 e. The summed E-state index contributed by atoms with van der Waals surface area (Å²) in [6.45, 7) is 0.695. The smallest absolute Gasteiger partial charge is 0.218 e. The van der Waals surface area contributed by atoms with Crippen LogP contribution in [0.15, 0.2) is 9.98 Å². The van der Waals surface area contributed by atoms with Gasteiger partial charge in [-0.15, -0.1) is 0 Å². The highest BCUT2D eigenvalue weighted by molar-refractivity contribution is 5.92. The highest BCUT2D eigenvalue weighted by Gasteiger charge is 1.88. The van der Waals surface area contributed by atoms with Crippen LogP contribution in [-0.2, 0) is 0 Å². The van der Waals surface area contributed by atoms with Gasteiger partial charge in [0.2, 0.25) is 5.96 Å². The second-order valence-electron chi connectivity index (χ2n) is 2.21. The maximum absolute atomic E-state index is 8.43. The number of hydrogen-bond acceptors (Lipinski definition) is 2. The zero-order valence-electron chi connectivity index (χ0n) is 6.90. The Morgan fingerprint density at radius 1 is 1.17 bits per heavy atom. The standard InChI is InChI=1S/C6H15N5O/c7-5(8)11-6(9)10-3-1-2-4-12/h12H,1-4H2,(H6,7,8,9,10,11). The van der Waals surface area contributed by atoms with Crippen molar-refractivity contribution < 1.29 is 5.11 Å². The second-order valence-corrected chi connectivity index (χ2v) is 2.21. The zero-order valence-corrected chi connectivity index (χ0v) is 6.90. The molecule has 0 fully saturated rings. The van der Waals surface area contributed by atoms with Crippen LogP contribution < -0.4 is 17.2 Å². The van der Waals surface area contributed by atoms with Gasteiger partial charge in [-0.2, -0.15) is 4.99 Å². The predicted octanol–water partition coefficient (Wildman–Crippen LogP) is -1.65. The van der Waals surface area contributed by atoms with Gasteiger partial charge in [0.25, 0.3) is 0 Å². The summed E-state index contributed by atoms with van der Waals surface area (Å²) in [5, 5.41) is 8.43. The van der Waals surface area contributed by atoms with E-state index in [1.807, 2.05) is 0 Å². The topological polar surface area (TPSA) is 123 Å². The molecule has 0 heterocycles. The molecule has 0 rings (SSSR count). The minimum absolute atomic E-state index is 0.0768. The van der Waals surface area contributed by atoms with E-state index in [4.69, 9.17) is 22.3 Å². The highest BCUT2D eigenvalue weighted by atomic mass is 16.2. The Hall–Kier alpha value is -1.30. The molecule has 0 aromatic heterocycles. The lowest BCUT2D eigenvalue weighted by atomic mass is 10.3. The van der Waals surface area contributed by atoms with Gasteiger partial charge in [0.1, 0.15) is 0 Å². The summed E-state index contributed by atoms with van der Waals surface area (Å²) in [6.07, 6.45) is 1.48. The van der Waals surface area contributed by atoms with Crippen molar-refractivity contribution >= 4 is 11.9 Å². The van der Waals surface area contributed by atoms with Crippen LogP contribution in [0.1, 0.15) is 12.8 Å². The summed E-state index contributed by atoms with van der Waals surface area (Å²) < 4.78 is 0. The monoisotopic (exact) mass is 173 g/mol. The van der Waals surface area contributed by atoms with Crippen LogP contribution in [0.25, 0.3) is 0 Å². The number of guanidine groups is 2. The van der Waals surface area contributed by atoms with Crippen LogP contribution in [0, 0.1) is 0 Å². The van der Waals surface area contributed by atoms with E-state index in [2.05, 4.69) is 9.98 Å². The number of unbranched alkanes of at least 4 members (excludes halogenated alkanes) is 1. The van der Waals surface area contributed by atoms with Gasteiger partial charge in [-0.3, -0.25) is 4.99 Å². The van der Waals surface area contributed by atoms with E-state index in [0.29, 0.717) is 13.0 Å². The van der Waals surface area contributed by atoms with Crippen molar-refractivity contribution in [2.24, 2.45) is 27.2 Å². The Morgan fingerprint density at radius 3 is 2.33 bits per heavy atom. The minimum atomic E-state index is -0.0987. The molecule has 0 saturated carbocycles. The molecule has 0 spiro atoms. The summed E-state index contributed by atoms with van der Waals surface area (Å²) >= 11 is 0. The van der Waals surface area contributed by atoms with Crippen LogP contribution in [0.4, 0.5) is 0 Å². The molecule has 0 radical (unpaired) electrons. The first-order chi connectivity index (χ1) is 5.66. The van der Waals surface area contributed by atoms with Crippen LogP contribution >= 0.6 is 0 Å². The molecule has 12 heavy (non-hydrogen) atoms. The fourth-order valence-corrected chi connectivity index (χ4v) is 0.585. The molecule has 0 aliphatic heterocycles. The van der Waals surface area contributed by atoms with E-state index in [1.165, 1.54) is 0 Å². The quantitative estimate of drug-likeness (QED) is 0.231. The molecular formula is C6H15N5O. The van der Waals surface area contributed by atoms with Gasteiger partial charge in [0.15, 0.2) is 5.96 Å². The number of nitrogens with zero attached hydrogens (tertiary/aromatic N) is 2. The number of aliphatic hydroxyl groups excluding tert-OH is 1. The largest absolute Gasteiger partial charge is 0.396 e. The van der Waals surface area contributed by atoms with Gasteiger partial charge >= 0.3 is 0 Å². The summed E-state index contributed by atoms with van der Waals surface area (Å²) in [4.78, 5) is 7.35. The molecule has 70 valence electrons. The van der Waals surface area contributed by atoms with E-state index in [9.17, 15) is 0 Å². The third-order valence-corrected chi connectivity index (χ3v) is 1.08. The molecule has 0 aromatic rings. The number of hydrogen-bond donors (Lipinski definition) is 4. The number of aliphatic hydroxyl groups is 1. The summed E-state index contributed by atoms with van der Waals surface area (Å²) in [5.41, 5.74) is 15.4. The van der Waals surface area contributed by atoms with Gasteiger partial charge in [-0.25, -0.2) is 0 Å². The van der Waals surface area contributed by atoms with Crippen LogP contribution in [0.3, 0.4) is 0 Å². The molecule has 0 amide bonds. The van der Waals surface area contributed by atoms with E-state index in [-0.39, 0.29) is 18.5 Å². The predicted molar refractivity (Wildman–Crippen MR) is 48.6 cm³/mol. The van der Waals surface area contributed by atoms with E-state index >= 15 is 0 Å². The van der Waals surface area contributed by atoms with Crippen molar-refractivity contribution in [1.29, 1.82) is 0 Å². The van der Waals surface area contributed by atoms with Gasteiger partial charge in [0.05, 0.1) is 0 Å². The third kappa shape index (κ3) is 6.81. The summed E-state index contributed by atoms with van der Waals surface area (Å²) in [7, 11) is 0. The molecule has 0 aliphatic carbocycles. The molecule has 0 unspecified atom stereocenters. The van der Waals surface area contributed by atoms with Crippen molar-refractivity contribution in [2.45, 2.75) is 12.8 Å². The molecule has 0 atom stereocenters. The van der Waals surface area contributed by atoms with Gasteiger partial charge in [-0.1, -0.05) is 0 Å². The average molecular weight is 173 g/mol. The Balaban J connectivity index is 3.62. The maximum Gasteiger partial charge on any atom is 0.218 e. The fraction of sp³-hybridized carbons (Fsp3) is 0.667. The average Bonchev–Trinajstić information content (AvgIpc) is 1.97. The van der Waals surface area contributed by atoms with Crippen LogP contribution in [0.2, 0.25) is 0 Å². The van der Waals surface area contributed by atoms with E-state index in [1.54, 1.807) is 0 Å². The van der Waals surface area contributed by atoms with Crippen molar-refractivity contribution in [3.8, 4) is 0 Å². The first-order valence-electron chi connectivity index (χ1n) is 3.67. The lowest BCUT2D eigenvalue weighted by Crippen LogP contribution is -2.26. The summed E-state index contributed by atoms with van der Waals surface area (Å²) in [5.74, 6) is -0.0219. The SMILES string of the molecule is NC(N)=NC(N)=NCCCCO. The molecule has 0 saturated heterocycles. The van der Waals surface area contributed by atoms with Crippen molar-refractivity contribution in [1.82, 2.24) is 0 Å². The van der Waals surface area contributed by atoms with E-state index in [0.717, 1.165) is 6.42 Å². The normalized spacial score (nSPS) is 11.2. The van der Waals surface area contributed by atoms with E-state index < -0.39 is 0 Å². The second kappa shape index (κ2) is 6.41. The van der Waals surface area contributed by atoms with Crippen LogP contribution in [0.5, 0.6) is 0 Å². The lowest BCUT2D eigenvalue weighted by molar-refractivity contribution is 0.285. The Labute approximate surface area is 71.2 Å². The molecular weight excluding hydrogens is 158 g/mol. The maximum atomic E-state index is 8.43. The summed E-state index contributed by atoms with van der Waals surface area (Å²) in [6, 6.07) is 0. The number of nitrogens with two attached hydrogens (primary N) is 3. The Bertz CT molecular complexity index is 173. The molecule has 6 nitrogen and oxygen atoms in total. The number of rotatable bonds is 4. The molecule has 0 aromatic carbocycles. The molecule has 7 N–H and O–H groups in total. The molecule has 0 bridgehead atoms. The highest BCUT2D eigenvalue weighted by Crippen LogP contribution is 1.87. The van der Waals surface area contributed by atoms with Crippen molar-refractivity contribution in [3.05, 3.63) is 0 Å². The Kier molecular flexibility index (Phi) is 5.72. The lowest BCUT2D eigenvalue weighted by Gasteiger charge is -1.94. The van der Waals surface area contributed by atoms with Crippen molar-refractivity contribution in [3.63, 3.8) is 0 Å². The van der Waals surface area contributed by atoms with Crippen LogP contribution in [-0.4, -0.2) is 30.2 Å². The fourth-order valence-electron chi connectivity index (χ4n) is 0.585. The zero-order chi connectivity index (χ0) is 9.40. The van der Waals surface area contributed by atoms with Gasteiger partial charge < -0.3 is 22.3 Å². The first-order valence-corrected chi connectivity index (χ1v) is 3.67. The first kappa shape index (κ1) is 10.7. The number of aliphatic imine (C=N–C) groups is 2. The third-order valence-electron chi connectivity index (χ3n) is 1.08. The van der Waals surface area contributed by atoms with Gasteiger partial charge in [-0.05, 0) is 12.8 Å². The van der Waals surface area contributed by atoms with Crippen molar-refractivity contribution in [2.75, 3.05) is 13.2 Å². The Morgan fingerprint density at radius 2 is 1.83 bits per heavy atom.